The van der Waals surface area contributed by atoms with Gasteiger partial charge in [0.25, 0.3) is 0 Å². The van der Waals surface area contributed by atoms with Gasteiger partial charge in [-0.15, -0.1) is 0 Å². The summed E-state index contributed by atoms with van der Waals surface area (Å²) in [7, 11) is 0. The lowest BCUT2D eigenvalue weighted by Gasteiger charge is -2.49. The number of carbonyl (C=O) groups is 1. The van der Waals surface area contributed by atoms with Gasteiger partial charge in [-0.1, -0.05) is 13.8 Å². The highest BCUT2D eigenvalue weighted by Gasteiger charge is 2.48. The third-order valence-electron chi connectivity index (χ3n) is 3.91. The maximum atomic E-state index is 11.8. The molecule has 2 unspecified atom stereocenters. The Bertz CT molecular complexity index is 259. The molecule has 4 heteroatoms. The number of carbonyl (C=O) groups excluding carboxylic acids is 1. The summed E-state index contributed by atoms with van der Waals surface area (Å²) in [6, 6.07) is 0.112. The second-order valence-electron chi connectivity index (χ2n) is 5.28. The third-order valence-corrected chi connectivity index (χ3v) is 3.91. The van der Waals surface area contributed by atoms with E-state index in [-0.39, 0.29) is 29.5 Å². The van der Waals surface area contributed by atoms with Gasteiger partial charge in [-0.05, 0) is 25.8 Å². The Morgan fingerprint density at radius 3 is 2.73 bits per heavy atom. The van der Waals surface area contributed by atoms with Crippen molar-refractivity contribution >= 4 is 5.91 Å². The van der Waals surface area contributed by atoms with Gasteiger partial charge in [0.1, 0.15) is 0 Å². The molecule has 15 heavy (non-hydrogen) atoms. The zero-order valence-corrected chi connectivity index (χ0v) is 9.42. The molecule has 1 saturated heterocycles. The zero-order valence-electron chi connectivity index (χ0n) is 9.42. The molecule has 2 rings (SSSR count). The Labute approximate surface area is 90.4 Å². The fourth-order valence-corrected chi connectivity index (χ4v) is 2.33. The smallest absolute Gasteiger partial charge is 0.237 e. The van der Waals surface area contributed by atoms with Gasteiger partial charge >= 0.3 is 0 Å². The molecule has 1 saturated carbocycles. The largest absolute Gasteiger partial charge is 0.392 e. The second-order valence-corrected chi connectivity index (χ2v) is 5.28. The highest BCUT2D eigenvalue weighted by Crippen LogP contribution is 2.40. The number of rotatable bonds is 2. The number of aliphatic hydroxyl groups is 1. The van der Waals surface area contributed by atoms with Crippen LogP contribution in [0, 0.1) is 5.41 Å². The lowest BCUT2D eigenvalue weighted by Crippen LogP contribution is -2.62. The van der Waals surface area contributed by atoms with Gasteiger partial charge < -0.3 is 15.7 Å². The van der Waals surface area contributed by atoms with Crippen LogP contribution in [0.1, 0.15) is 33.1 Å². The maximum absolute atomic E-state index is 11.8. The van der Waals surface area contributed by atoms with Gasteiger partial charge in [-0.2, -0.15) is 0 Å². The molecule has 0 spiro atoms. The first-order valence-corrected chi connectivity index (χ1v) is 5.73. The normalized spacial score (nSPS) is 38.5. The molecule has 86 valence electrons. The molecule has 0 aromatic rings. The number of amides is 1. The number of aliphatic hydroxyl groups excluding tert-OH is 1. The Kier molecular flexibility index (Phi) is 2.73. The fraction of sp³-hybridized carbons (Fsp3) is 0.909. The molecular weight excluding hydrogens is 192 g/mol. The first-order chi connectivity index (χ1) is 7.01. The maximum Gasteiger partial charge on any atom is 0.237 e. The fourth-order valence-electron chi connectivity index (χ4n) is 2.33. The summed E-state index contributed by atoms with van der Waals surface area (Å²) in [5.74, 6) is 0.0949. The highest BCUT2D eigenvalue weighted by molar-refractivity contribution is 5.82. The lowest BCUT2D eigenvalue weighted by molar-refractivity contribution is -0.130. The van der Waals surface area contributed by atoms with E-state index in [0.29, 0.717) is 6.42 Å². The first-order valence-electron chi connectivity index (χ1n) is 5.73. The molecule has 0 bridgehead atoms. The summed E-state index contributed by atoms with van der Waals surface area (Å²) >= 11 is 0. The van der Waals surface area contributed by atoms with Crippen molar-refractivity contribution in [3.05, 3.63) is 0 Å². The van der Waals surface area contributed by atoms with E-state index in [1.54, 1.807) is 0 Å². The first kappa shape index (κ1) is 10.9. The average Bonchev–Trinajstić information content (AvgIpc) is 2.70. The van der Waals surface area contributed by atoms with E-state index in [0.717, 1.165) is 19.4 Å². The van der Waals surface area contributed by atoms with Crippen molar-refractivity contribution in [2.75, 3.05) is 6.54 Å². The van der Waals surface area contributed by atoms with Crippen LogP contribution in [-0.4, -0.2) is 35.7 Å². The average molecular weight is 212 g/mol. The quantitative estimate of drug-likeness (QED) is 0.604. The molecule has 0 radical (unpaired) electrons. The minimum atomic E-state index is -0.278. The van der Waals surface area contributed by atoms with Crippen LogP contribution in [0.2, 0.25) is 0 Å². The van der Waals surface area contributed by atoms with E-state index in [1.807, 2.05) is 13.8 Å². The van der Waals surface area contributed by atoms with E-state index < -0.39 is 0 Å². The molecule has 1 heterocycles. The van der Waals surface area contributed by atoms with Gasteiger partial charge in [-0.3, -0.25) is 4.79 Å². The molecule has 1 aliphatic heterocycles. The Hall–Kier alpha value is -0.610. The second kappa shape index (κ2) is 3.76. The van der Waals surface area contributed by atoms with Crippen molar-refractivity contribution in [3.8, 4) is 0 Å². The van der Waals surface area contributed by atoms with Crippen molar-refractivity contribution in [1.29, 1.82) is 0 Å². The van der Waals surface area contributed by atoms with E-state index in [2.05, 4.69) is 10.6 Å². The molecule has 3 atom stereocenters. The van der Waals surface area contributed by atoms with Crippen LogP contribution in [-0.2, 0) is 4.79 Å². The summed E-state index contributed by atoms with van der Waals surface area (Å²) in [6.07, 6.45) is 2.42. The molecular formula is C11H20N2O2. The van der Waals surface area contributed by atoms with Crippen LogP contribution in [0.5, 0.6) is 0 Å². The van der Waals surface area contributed by atoms with Gasteiger partial charge in [0.2, 0.25) is 5.91 Å². The third kappa shape index (κ3) is 1.88. The van der Waals surface area contributed by atoms with Crippen LogP contribution in [0.4, 0.5) is 0 Å². The van der Waals surface area contributed by atoms with E-state index in [1.165, 1.54) is 0 Å². The lowest BCUT2D eigenvalue weighted by atomic mass is 9.64. The van der Waals surface area contributed by atoms with Crippen LogP contribution in [0.15, 0.2) is 0 Å². The standard InChI is InChI=1S/C11H20N2O2/c1-11(2)8(6-9(11)14)13-10(15)7-4-3-5-12-7/h7-9,12,14H,3-6H2,1-2H3,(H,13,15)/t7-,8?,9?/m0/s1. The zero-order chi connectivity index (χ0) is 11.1. The van der Waals surface area contributed by atoms with Gasteiger partial charge in [0.05, 0.1) is 12.1 Å². The van der Waals surface area contributed by atoms with Crippen molar-refractivity contribution in [1.82, 2.24) is 10.6 Å². The van der Waals surface area contributed by atoms with Gasteiger partial charge in [0, 0.05) is 11.5 Å². The van der Waals surface area contributed by atoms with E-state index >= 15 is 0 Å². The van der Waals surface area contributed by atoms with E-state index in [4.69, 9.17) is 0 Å². The molecule has 2 aliphatic rings. The summed E-state index contributed by atoms with van der Waals surface area (Å²) in [6.45, 7) is 4.93. The van der Waals surface area contributed by atoms with E-state index in [9.17, 15) is 9.90 Å². The molecule has 4 nitrogen and oxygen atoms in total. The summed E-state index contributed by atoms with van der Waals surface area (Å²) in [5.41, 5.74) is -0.172. The van der Waals surface area contributed by atoms with Gasteiger partial charge in [0.15, 0.2) is 0 Å². The molecule has 0 aromatic carbocycles. The Morgan fingerprint density at radius 2 is 2.27 bits per heavy atom. The predicted octanol–water partition coefficient (Wildman–Crippen LogP) is 0.0140. The molecule has 1 aliphatic carbocycles. The van der Waals surface area contributed by atoms with Crippen molar-refractivity contribution in [3.63, 3.8) is 0 Å². The molecule has 1 amide bonds. The summed E-state index contributed by atoms with van der Waals surface area (Å²) in [5, 5.41) is 15.7. The predicted molar refractivity (Wildman–Crippen MR) is 57.4 cm³/mol. The van der Waals surface area contributed by atoms with Crippen molar-refractivity contribution in [2.45, 2.75) is 51.3 Å². The SMILES string of the molecule is CC1(C)C(O)CC1NC(=O)[C@@H]1CCCN1. The monoisotopic (exact) mass is 212 g/mol. The van der Waals surface area contributed by atoms with Crippen LogP contribution in [0.3, 0.4) is 0 Å². The van der Waals surface area contributed by atoms with Crippen LogP contribution >= 0.6 is 0 Å². The Morgan fingerprint density at radius 1 is 1.53 bits per heavy atom. The molecule has 3 N–H and O–H groups in total. The molecule has 2 fully saturated rings. The highest BCUT2D eigenvalue weighted by atomic mass is 16.3. The minimum Gasteiger partial charge on any atom is -0.392 e. The van der Waals surface area contributed by atoms with Crippen LogP contribution in [0.25, 0.3) is 0 Å². The topological polar surface area (TPSA) is 61.4 Å². The van der Waals surface area contributed by atoms with Gasteiger partial charge in [-0.25, -0.2) is 0 Å². The molecule has 0 aromatic heterocycles. The minimum absolute atomic E-state index is 0.0152. The number of nitrogens with one attached hydrogen (secondary N) is 2. The summed E-state index contributed by atoms with van der Waals surface area (Å²) in [4.78, 5) is 11.8. The van der Waals surface area contributed by atoms with Crippen molar-refractivity contribution < 1.29 is 9.90 Å². The van der Waals surface area contributed by atoms with Crippen molar-refractivity contribution in [2.24, 2.45) is 5.41 Å². The summed E-state index contributed by atoms with van der Waals surface area (Å²) < 4.78 is 0. The van der Waals surface area contributed by atoms with Crippen LogP contribution < -0.4 is 10.6 Å². The number of hydrogen-bond donors (Lipinski definition) is 3. The number of hydrogen-bond acceptors (Lipinski definition) is 3. The Balaban J connectivity index is 1.85.